The number of likely N-dealkylation sites (tertiary alicyclic amines) is 1. The summed E-state index contributed by atoms with van der Waals surface area (Å²) < 4.78 is 0. The van der Waals surface area contributed by atoms with E-state index in [1.807, 2.05) is 48.5 Å². The summed E-state index contributed by atoms with van der Waals surface area (Å²) in [4.78, 5) is 26.7. The third-order valence-corrected chi connectivity index (χ3v) is 5.42. The number of carbonyl (C=O) groups is 2. The van der Waals surface area contributed by atoms with Crippen LogP contribution >= 0.6 is 11.6 Å². The van der Waals surface area contributed by atoms with E-state index in [9.17, 15) is 9.59 Å². The molecule has 6 heteroatoms. The molecule has 2 aromatic rings. The fraction of sp³-hybridized carbons (Fsp3) is 0.391. The Morgan fingerprint density at radius 3 is 2.45 bits per heavy atom. The summed E-state index contributed by atoms with van der Waals surface area (Å²) in [7, 11) is 0. The van der Waals surface area contributed by atoms with E-state index < -0.39 is 0 Å². The molecule has 1 unspecified atom stereocenters. The van der Waals surface area contributed by atoms with Crippen molar-refractivity contribution >= 4 is 23.4 Å². The van der Waals surface area contributed by atoms with Crippen LogP contribution in [0.4, 0.5) is 0 Å². The Hall–Kier alpha value is -2.37. The van der Waals surface area contributed by atoms with E-state index in [0.29, 0.717) is 24.5 Å². The van der Waals surface area contributed by atoms with Gasteiger partial charge in [-0.15, -0.1) is 0 Å². The minimum atomic E-state index is -0.0714. The van der Waals surface area contributed by atoms with Crippen LogP contribution in [0.3, 0.4) is 0 Å². The Morgan fingerprint density at radius 2 is 1.72 bits per heavy atom. The van der Waals surface area contributed by atoms with Crippen molar-refractivity contribution in [1.82, 2.24) is 15.5 Å². The van der Waals surface area contributed by atoms with Crippen molar-refractivity contribution in [1.29, 1.82) is 0 Å². The zero-order chi connectivity index (χ0) is 20.5. The Morgan fingerprint density at radius 1 is 0.966 bits per heavy atom. The summed E-state index contributed by atoms with van der Waals surface area (Å²) in [5, 5.41) is 6.55. The number of carbonyl (C=O) groups excluding carboxylic acids is 2. The molecule has 1 saturated heterocycles. The van der Waals surface area contributed by atoms with Crippen molar-refractivity contribution < 1.29 is 9.59 Å². The monoisotopic (exact) mass is 413 g/mol. The topological polar surface area (TPSA) is 61.4 Å². The molecule has 0 spiro atoms. The maximum atomic E-state index is 12.3. The Kier molecular flexibility index (Phi) is 8.08. The van der Waals surface area contributed by atoms with Crippen LogP contribution < -0.4 is 10.6 Å². The molecule has 29 heavy (non-hydrogen) atoms. The van der Waals surface area contributed by atoms with Crippen LogP contribution in [-0.4, -0.2) is 42.9 Å². The number of benzene rings is 2. The average Bonchev–Trinajstić information content (AvgIpc) is 3.23. The fourth-order valence-corrected chi connectivity index (χ4v) is 3.88. The summed E-state index contributed by atoms with van der Waals surface area (Å²) in [6.45, 7) is 2.94. The van der Waals surface area contributed by atoms with Crippen LogP contribution in [0.1, 0.15) is 36.4 Å². The highest BCUT2D eigenvalue weighted by molar-refractivity contribution is 6.30. The molecule has 2 aromatic carbocycles. The van der Waals surface area contributed by atoms with Gasteiger partial charge in [-0.25, -0.2) is 0 Å². The molecule has 1 fully saturated rings. The molecule has 1 aliphatic rings. The lowest BCUT2D eigenvalue weighted by atomic mass is 10.1. The number of nitrogens with one attached hydrogen (secondary N) is 2. The first kappa shape index (κ1) is 21.3. The molecule has 0 aromatic heterocycles. The van der Waals surface area contributed by atoms with E-state index >= 15 is 0 Å². The van der Waals surface area contributed by atoms with Gasteiger partial charge in [0.2, 0.25) is 11.8 Å². The van der Waals surface area contributed by atoms with Gasteiger partial charge in [0.15, 0.2) is 0 Å². The maximum Gasteiger partial charge on any atom is 0.224 e. The van der Waals surface area contributed by atoms with Crippen molar-refractivity contribution in [3.05, 3.63) is 70.7 Å². The minimum absolute atomic E-state index is 0.0590. The van der Waals surface area contributed by atoms with Gasteiger partial charge in [0.25, 0.3) is 0 Å². The van der Waals surface area contributed by atoms with Crippen LogP contribution in [0.25, 0.3) is 0 Å². The summed E-state index contributed by atoms with van der Waals surface area (Å²) in [5.41, 5.74) is 2.08. The highest BCUT2D eigenvalue weighted by Crippen LogP contribution is 2.26. The second-order valence-electron chi connectivity index (χ2n) is 7.38. The Balaban J connectivity index is 1.44. The molecular weight excluding hydrogens is 386 g/mol. The molecule has 0 bridgehead atoms. The lowest BCUT2D eigenvalue weighted by Gasteiger charge is -2.28. The second kappa shape index (κ2) is 11.0. The van der Waals surface area contributed by atoms with Crippen LogP contribution in [0.5, 0.6) is 0 Å². The quantitative estimate of drug-likeness (QED) is 0.662. The normalized spacial score (nSPS) is 15.1. The van der Waals surface area contributed by atoms with Gasteiger partial charge in [-0.05, 0) is 49.2 Å². The second-order valence-corrected chi connectivity index (χ2v) is 7.82. The lowest BCUT2D eigenvalue weighted by molar-refractivity contribution is -0.122. The van der Waals surface area contributed by atoms with E-state index in [2.05, 4.69) is 21.6 Å². The molecule has 0 radical (unpaired) electrons. The van der Waals surface area contributed by atoms with Gasteiger partial charge in [0, 0.05) is 24.5 Å². The fourth-order valence-electron chi connectivity index (χ4n) is 3.68. The molecule has 1 aliphatic heterocycles. The van der Waals surface area contributed by atoms with Crippen LogP contribution in [0.15, 0.2) is 54.6 Å². The highest BCUT2D eigenvalue weighted by Gasteiger charge is 2.24. The molecule has 5 nitrogen and oxygen atoms in total. The number of rotatable bonds is 9. The number of hydrogen-bond donors (Lipinski definition) is 2. The van der Waals surface area contributed by atoms with Crippen LogP contribution in [0.2, 0.25) is 5.02 Å². The van der Waals surface area contributed by atoms with E-state index in [0.717, 1.165) is 24.2 Å². The zero-order valence-corrected chi connectivity index (χ0v) is 17.3. The van der Waals surface area contributed by atoms with Gasteiger partial charge in [0.1, 0.15) is 0 Å². The third-order valence-electron chi connectivity index (χ3n) is 5.19. The SMILES string of the molecule is O=C(CCNC(=O)Cc1ccccc1)NCC(c1cccc(Cl)c1)N1CCCC1. The van der Waals surface area contributed by atoms with Crippen molar-refractivity contribution in [2.75, 3.05) is 26.2 Å². The molecule has 2 amide bonds. The molecule has 0 aliphatic carbocycles. The van der Waals surface area contributed by atoms with Gasteiger partial charge in [-0.2, -0.15) is 0 Å². The summed E-state index contributed by atoms with van der Waals surface area (Å²) in [6, 6.07) is 17.5. The number of hydrogen-bond acceptors (Lipinski definition) is 3. The van der Waals surface area contributed by atoms with E-state index in [4.69, 9.17) is 11.6 Å². The van der Waals surface area contributed by atoms with Gasteiger partial charge in [-0.1, -0.05) is 54.1 Å². The van der Waals surface area contributed by atoms with Gasteiger partial charge in [-0.3, -0.25) is 14.5 Å². The predicted molar refractivity (Wildman–Crippen MR) is 116 cm³/mol. The largest absolute Gasteiger partial charge is 0.355 e. The average molecular weight is 414 g/mol. The molecule has 1 heterocycles. The highest BCUT2D eigenvalue weighted by atomic mass is 35.5. The molecule has 0 saturated carbocycles. The molecular formula is C23H28ClN3O2. The minimum Gasteiger partial charge on any atom is -0.355 e. The number of amides is 2. The van der Waals surface area contributed by atoms with E-state index in [1.54, 1.807) is 0 Å². The summed E-state index contributed by atoms with van der Waals surface area (Å²) in [6.07, 6.45) is 2.95. The molecule has 2 N–H and O–H groups in total. The zero-order valence-electron chi connectivity index (χ0n) is 16.6. The van der Waals surface area contributed by atoms with Crippen molar-refractivity contribution in [2.45, 2.75) is 31.7 Å². The first-order valence-corrected chi connectivity index (χ1v) is 10.6. The van der Waals surface area contributed by atoms with Gasteiger partial charge >= 0.3 is 0 Å². The summed E-state index contributed by atoms with van der Waals surface area (Å²) in [5.74, 6) is -0.130. The van der Waals surface area contributed by atoms with Crippen molar-refractivity contribution in [2.24, 2.45) is 0 Å². The van der Waals surface area contributed by atoms with E-state index in [-0.39, 0.29) is 24.3 Å². The predicted octanol–water partition coefficient (Wildman–Crippen LogP) is 3.34. The van der Waals surface area contributed by atoms with Crippen LogP contribution in [0, 0.1) is 0 Å². The first-order chi connectivity index (χ1) is 14.1. The smallest absolute Gasteiger partial charge is 0.224 e. The third kappa shape index (κ3) is 6.87. The first-order valence-electron chi connectivity index (χ1n) is 10.2. The van der Waals surface area contributed by atoms with Crippen molar-refractivity contribution in [3.63, 3.8) is 0 Å². The molecule has 1 atom stereocenters. The Bertz CT molecular complexity index is 807. The van der Waals surface area contributed by atoms with Gasteiger partial charge < -0.3 is 10.6 Å². The van der Waals surface area contributed by atoms with Crippen molar-refractivity contribution in [3.8, 4) is 0 Å². The standard InChI is InChI=1S/C23H28ClN3O2/c24-20-10-6-9-19(16-20)21(27-13-4-5-14-27)17-26-22(28)11-12-25-23(29)15-18-7-2-1-3-8-18/h1-3,6-10,16,21H,4-5,11-15,17H2,(H,25,29)(H,26,28). The lowest BCUT2D eigenvalue weighted by Crippen LogP contribution is -2.38. The maximum absolute atomic E-state index is 12.3. The van der Waals surface area contributed by atoms with Gasteiger partial charge in [0.05, 0.1) is 12.5 Å². The summed E-state index contributed by atoms with van der Waals surface area (Å²) >= 11 is 6.17. The number of nitrogens with zero attached hydrogens (tertiary/aromatic N) is 1. The molecule has 154 valence electrons. The molecule has 3 rings (SSSR count). The van der Waals surface area contributed by atoms with E-state index in [1.165, 1.54) is 12.8 Å². The van der Waals surface area contributed by atoms with Crippen LogP contribution in [-0.2, 0) is 16.0 Å². The Labute approximate surface area is 177 Å². The number of halogens is 1.